The maximum absolute atomic E-state index is 6.00. The molecule has 1 aromatic rings. The Labute approximate surface area is 131 Å². The Morgan fingerprint density at radius 1 is 1.00 bits per heavy atom. The topological polar surface area (TPSA) is 21.3 Å². The Hall–Kier alpha value is -1.02. The first-order chi connectivity index (χ1) is 9.78. The van der Waals surface area contributed by atoms with Crippen LogP contribution in [0.25, 0.3) is 0 Å². The maximum atomic E-state index is 6.00. The molecule has 2 heteroatoms. The standard InChI is InChI=1S/C19H33NO/c1-8-18(3,4)15-10-11-17(21-13-12-20-7)16(14-15)19(5,6)9-2/h10-11,14,20H,8-9,12-13H2,1-7H3. The van der Waals surface area contributed by atoms with Gasteiger partial charge in [-0.3, -0.25) is 0 Å². The largest absolute Gasteiger partial charge is 0.492 e. The molecule has 0 heterocycles. The van der Waals surface area contributed by atoms with Crippen molar-refractivity contribution in [2.24, 2.45) is 0 Å². The molecule has 0 aromatic heterocycles. The zero-order chi connectivity index (χ0) is 16.1. The number of likely N-dealkylation sites (N-methyl/N-ethyl adjacent to an activating group) is 1. The minimum Gasteiger partial charge on any atom is -0.492 e. The second-order valence-electron chi connectivity index (χ2n) is 7.14. The Balaban J connectivity index is 3.20. The van der Waals surface area contributed by atoms with E-state index in [1.807, 2.05) is 7.05 Å². The number of ether oxygens (including phenoxy) is 1. The molecule has 0 fully saturated rings. The summed E-state index contributed by atoms with van der Waals surface area (Å²) in [7, 11) is 1.95. The van der Waals surface area contributed by atoms with Crippen molar-refractivity contribution in [1.29, 1.82) is 0 Å². The van der Waals surface area contributed by atoms with E-state index in [2.05, 4.69) is 65.1 Å². The Morgan fingerprint density at radius 2 is 1.62 bits per heavy atom. The molecular formula is C19H33NO. The van der Waals surface area contributed by atoms with Gasteiger partial charge in [-0.15, -0.1) is 0 Å². The van der Waals surface area contributed by atoms with Crippen LogP contribution in [-0.4, -0.2) is 20.2 Å². The highest BCUT2D eigenvalue weighted by Crippen LogP contribution is 2.38. The first-order valence-electron chi connectivity index (χ1n) is 8.21. The third-order valence-corrected chi connectivity index (χ3v) is 4.87. The molecule has 0 spiro atoms. The van der Waals surface area contributed by atoms with Gasteiger partial charge in [-0.1, -0.05) is 53.7 Å². The van der Waals surface area contributed by atoms with Gasteiger partial charge in [-0.05, 0) is 42.3 Å². The number of hydrogen-bond donors (Lipinski definition) is 1. The average molecular weight is 291 g/mol. The molecular weight excluding hydrogens is 258 g/mol. The fourth-order valence-corrected chi connectivity index (χ4v) is 2.26. The van der Waals surface area contributed by atoms with Crippen LogP contribution in [0.1, 0.15) is 65.5 Å². The van der Waals surface area contributed by atoms with E-state index in [1.165, 1.54) is 11.1 Å². The molecule has 0 saturated heterocycles. The molecule has 0 unspecified atom stereocenters. The van der Waals surface area contributed by atoms with E-state index in [0.717, 1.165) is 25.1 Å². The minimum atomic E-state index is 0.134. The van der Waals surface area contributed by atoms with Crippen LogP contribution >= 0.6 is 0 Å². The van der Waals surface area contributed by atoms with Crippen molar-refractivity contribution in [2.75, 3.05) is 20.2 Å². The zero-order valence-corrected chi connectivity index (χ0v) is 15.0. The molecule has 0 aliphatic rings. The highest BCUT2D eigenvalue weighted by atomic mass is 16.5. The van der Waals surface area contributed by atoms with E-state index >= 15 is 0 Å². The Kier molecular flexibility index (Phi) is 6.27. The summed E-state index contributed by atoms with van der Waals surface area (Å²) in [4.78, 5) is 0. The Morgan fingerprint density at radius 3 is 2.14 bits per heavy atom. The van der Waals surface area contributed by atoms with Gasteiger partial charge in [0.25, 0.3) is 0 Å². The second kappa shape index (κ2) is 7.31. The van der Waals surface area contributed by atoms with Gasteiger partial charge in [0.2, 0.25) is 0 Å². The predicted octanol–water partition coefficient (Wildman–Crippen LogP) is 4.66. The van der Waals surface area contributed by atoms with Gasteiger partial charge in [-0.25, -0.2) is 0 Å². The first kappa shape index (κ1) is 18.0. The van der Waals surface area contributed by atoms with Crippen molar-refractivity contribution >= 4 is 0 Å². The SMILES string of the molecule is CCC(C)(C)c1ccc(OCCNC)c(C(C)(C)CC)c1. The lowest BCUT2D eigenvalue weighted by molar-refractivity contribution is 0.306. The molecule has 2 nitrogen and oxygen atoms in total. The van der Waals surface area contributed by atoms with Crippen LogP contribution in [0.3, 0.4) is 0 Å². The van der Waals surface area contributed by atoms with Crippen LogP contribution in [0.4, 0.5) is 0 Å². The van der Waals surface area contributed by atoms with Crippen molar-refractivity contribution in [3.63, 3.8) is 0 Å². The maximum Gasteiger partial charge on any atom is 0.123 e. The van der Waals surface area contributed by atoms with Crippen molar-refractivity contribution in [2.45, 2.75) is 65.2 Å². The van der Waals surface area contributed by atoms with Crippen LogP contribution in [0.15, 0.2) is 18.2 Å². The molecule has 0 radical (unpaired) electrons. The summed E-state index contributed by atoms with van der Waals surface area (Å²) in [5.41, 5.74) is 3.08. The van der Waals surface area contributed by atoms with Crippen LogP contribution in [0.5, 0.6) is 5.75 Å². The smallest absolute Gasteiger partial charge is 0.123 e. The molecule has 0 aliphatic heterocycles. The summed E-state index contributed by atoms with van der Waals surface area (Å²) in [5.74, 6) is 1.03. The number of nitrogens with one attached hydrogen (secondary N) is 1. The lowest BCUT2D eigenvalue weighted by atomic mass is 9.76. The summed E-state index contributed by atoms with van der Waals surface area (Å²) in [5, 5.41) is 3.13. The van der Waals surface area contributed by atoms with Gasteiger partial charge in [0.05, 0.1) is 0 Å². The zero-order valence-electron chi connectivity index (χ0n) is 15.0. The third kappa shape index (κ3) is 4.47. The predicted molar refractivity (Wildman–Crippen MR) is 92.5 cm³/mol. The van der Waals surface area contributed by atoms with E-state index in [1.54, 1.807) is 0 Å². The highest BCUT2D eigenvalue weighted by Gasteiger charge is 2.26. The molecule has 0 aliphatic carbocycles. The van der Waals surface area contributed by atoms with Crippen LogP contribution in [0.2, 0.25) is 0 Å². The van der Waals surface area contributed by atoms with Crippen LogP contribution in [-0.2, 0) is 10.8 Å². The summed E-state index contributed by atoms with van der Waals surface area (Å²) in [6.07, 6.45) is 2.24. The van der Waals surface area contributed by atoms with E-state index in [-0.39, 0.29) is 10.8 Å². The van der Waals surface area contributed by atoms with Gasteiger partial charge in [-0.2, -0.15) is 0 Å². The lowest BCUT2D eigenvalue weighted by Crippen LogP contribution is -2.22. The van der Waals surface area contributed by atoms with Crippen molar-refractivity contribution in [1.82, 2.24) is 5.32 Å². The van der Waals surface area contributed by atoms with Gasteiger partial charge < -0.3 is 10.1 Å². The summed E-state index contributed by atoms with van der Waals surface area (Å²) >= 11 is 0. The fourth-order valence-electron chi connectivity index (χ4n) is 2.26. The molecule has 1 rings (SSSR count). The van der Waals surface area contributed by atoms with E-state index in [0.29, 0.717) is 6.61 Å². The molecule has 1 N–H and O–H groups in total. The summed E-state index contributed by atoms with van der Waals surface area (Å²) in [6, 6.07) is 6.75. The van der Waals surface area contributed by atoms with Gasteiger partial charge in [0, 0.05) is 12.1 Å². The molecule has 120 valence electrons. The van der Waals surface area contributed by atoms with Gasteiger partial charge in [0.1, 0.15) is 12.4 Å². The molecule has 0 saturated carbocycles. The van der Waals surface area contributed by atoms with Crippen LogP contribution < -0.4 is 10.1 Å². The normalized spacial score (nSPS) is 12.5. The lowest BCUT2D eigenvalue weighted by Gasteiger charge is -2.30. The molecule has 1 aromatic carbocycles. The molecule has 0 amide bonds. The molecule has 0 atom stereocenters. The summed E-state index contributed by atoms with van der Waals surface area (Å²) in [6.45, 7) is 15.3. The Bertz CT molecular complexity index is 449. The van der Waals surface area contributed by atoms with E-state index in [4.69, 9.17) is 4.74 Å². The highest BCUT2D eigenvalue weighted by molar-refractivity contribution is 5.44. The molecule has 0 bridgehead atoms. The van der Waals surface area contributed by atoms with E-state index < -0.39 is 0 Å². The first-order valence-corrected chi connectivity index (χ1v) is 8.21. The van der Waals surface area contributed by atoms with Crippen molar-refractivity contribution in [3.8, 4) is 5.75 Å². The van der Waals surface area contributed by atoms with Gasteiger partial charge >= 0.3 is 0 Å². The summed E-state index contributed by atoms with van der Waals surface area (Å²) < 4.78 is 6.00. The van der Waals surface area contributed by atoms with Crippen molar-refractivity contribution in [3.05, 3.63) is 29.3 Å². The molecule has 21 heavy (non-hydrogen) atoms. The average Bonchev–Trinajstić information content (AvgIpc) is 2.47. The van der Waals surface area contributed by atoms with Crippen LogP contribution in [0, 0.1) is 0 Å². The second-order valence-corrected chi connectivity index (χ2v) is 7.14. The van der Waals surface area contributed by atoms with Gasteiger partial charge in [0.15, 0.2) is 0 Å². The number of rotatable bonds is 8. The quantitative estimate of drug-likeness (QED) is 0.703. The number of hydrogen-bond acceptors (Lipinski definition) is 2. The number of benzene rings is 1. The third-order valence-electron chi connectivity index (χ3n) is 4.87. The minimum absolute atomic E-state index is 0.134. The van der Waals surface area contributed by atoms with E-state index in [9.17, 15) is 0 Å². The van der Waals surface area contributed by atoms with Crippen molar-refractivity contribution < 1.29 is 4.74 Å². The monoisotopic (exact) mass is 291 g/mol. The fraction of sp³-hybridized carbons (Fsp3) is 0.684.